The number of pyridine rings is 2. The van der Waals surface area contributed by atoms with Crippen molar-refractivity contribution >= 4 is 16.5 Å². The van der Waals surface area contributed by atoms with Crippen LogP contribution in [-0.2, 0) is 4.74 Å². The summed E-state index contributed by atoms with van der Waals surface area (Å²) >= 11 is 0. The number of ether oxygens (including phenoxy) is 1. The van der Waals surface area contributed by atoms with E-state index >= 15 is 0 Å². The highest BCUT2D eigenvalue weighted by molar-refractivity contribution is 5.95. The monoisotopic (exact) mass is 342 g/mol. The summed E-state index contributed by atoms with van der Waals surface area (Å²) in [5.74, 6) is 0. The van der Waals surface area contributed by atoms with Crippen LogP contribution in [0.5, 0.6) is 0 Å². The molecule has 0 spiro atoms. The van der Waals surface area contributed by atoms with Crippen molar-refractivity contribution in [3.05, 3.63) is 66.4 Å². The Bertz CT molecular complexity index is 1050. The van der Waals surface area contributed by atoms with Crippen LogP contribution < -0.4 is 0 Å². The van der Waals surface area contributed by atoms with Gasteiger partial charge < -0.3 is 4.74 Å². The molecule has 0 aromatic carbocycles. The summed E-state index contributed by atoms with van der Waals surface area (Å²) in [4.78, 5) is 8.87. The van der Waals surface area contributed by atoms with Gasteiger partial charge in [0.25, 0.3) is 0 Å². The van der Waals surface area contributed by atoms with Gasteiger partial charge in [-0.25, -0.2) is 4.68 Å². The average molecular weight is 342 g/mol. The van der Waals surface area contributed by atoms with Gasteiger partial charge in [-0.3, -0.25) is 9.97 Å². The van der Waals surface area contributed by atoms with Crippen LogP contribution in [0.25, 0.3) is 27.7 Å². The lowest BCUT2D eigenvalue weighted by Gasteiger charge is -2.23. The molecular weight excluding hydrogens is 324 g/mol. The molecule has 1 aliphatic carbocycles. The Morgan fingerprint density at radius 3 is 3.00 bits per heavy atom. The van der Waals surface area contributed by atoms with Crippen LogP contribution in [0.2, 0.25) is 0 Å². The normalized spacial score (nSPS) is 19.2. The van der Waals surface area contributed by atoms with E-state index in [9.17, 15) is 0 Å². The molecule has 1 unspecified atom stereocenters. The fourth-order valence-corrected chi connectivity index (χ4v) is 3.52. The van der Waals surface area contributed by atoms with Crippen LogP contribution in [0.4, 0.5) is 0 Å². The summed E-state index contributed by atoms with van der Waals surface area (Å²) in [6.07, 6.45) is 14.7. The molecule has 1 atom stereocenters. The first-order valence-electron chi connectivity index (χ1n) is 8.94. The van der Waals surface area contributed by atoms with Crippen molar-refractivity contribution in [1.82, 2.24) is 19.7 Å². The van der Waals surface area contributed by atoms with Gasteiger partial charge in [0, 0.05) is 35.5 Å². The molecule has 0 radical (unpaired) electrons. The minimum Gasteiger partial charge on any atom is -0.356 e. The van der Waals surface area contributed by atoms with E-state index in [-0.39, 0.29) is 6.23 Å². The van der Waals surface area contributed by atoms with Gasteiger partial charge in [0.1, 0.15) is 5.69 Å². The number of aromatic nitrogens is 4. The maximum atomic E-state index is 5.97. The van der Waals surface area contributed by atoms with Crippen molar-refractivity contribution < 1.29 is 4.74 Å². The number of rotatable bonds is 3. The number of nitrogens with zero attached hydrogens (tertiary/aromatic N) is 4. The molecule has 0 amide bonds. The topological polar surface area (TPSA) is 52.8 Å². The lowest BCUT2D eigenvalue weighted by atomic mass is 10.1. The van der Waals surface area contributed by atoms with E-state index in [0.29, 0.717) is 0 Å². The number of fused-ring (bicyclic) bond motifs is 1. The Morgan fingerprint density at radius 1 is 1.23 bits per heavy atom. The van der Waals surface area contributed by atoms with E-state index in [1.807, 2.05) is 47.4 Å². The Morgan fingerprint density at radius 2 is 2.23 bits per heavy atom. The fourth-order valence-electron chi connectivity index (χ4n) is 3.52. The van der Waals surface area contributed by atoms with E-state index < -0.39 is 0 Å². The minimum absolute atomic E-state index is 0.0268. The van der Waals surface area contributed by atoms with Gasteiger partial charge in [-0.15, -0.1) is 5.73 Å². The van der Waals surface area contributed by atoms with Crippen LogP contribution in [-0.4, -0.2) is 26.4 Å². The highest BCUT2D eigenvalue weighted by atomic mass is 16.5. The molecule has 0 saturated carbocycles. The third-order valence-electron chi connectivity index (χ3n) is 4.83. The van der Waals surface area contributed by atoms with Gasteiger partial charge in [0.05, 0.1) is 17.4 Å². The van der Waals surface area contributed by atoms with Crippen molar-refractivity contribution in [2.24, 2.45) is 0 Å². The van der Waals surface area contributed by atoms with Gasteiger partial charge in [-0.2, -0.15) is 5.10 Å². The minimum atomic E-state index is -0.0268. The van der Waals surface area contributed by atoms with E-state index in [1.165, 1.54) is 0 Å². The smallest absolute Gasteiger partial charge is 0.150 e. The van der Waals surface area contributed by atoms with Gasteiger partial charge >= 0.3 is 0 Å². The molecule has 1 aliphatic heterocycles. The van der Waals surface area contributed by atoms with Crippen molar-refractivity contribution in [3.8, 4) is 11.3 Å². The second kappa shape index (κ2) is 6.37. The first kappa shape index (κ1) is 15.3. The predicted octanol–water partition coefficient (Wildman–Crippen LogP) is 4.30. The molecule has 5 rings (SSSR count). The van der Waals surface area contributed by atoms with Gasteiger partial charge in [-0.05, 0) is 49.6 Å². The van der Waals surface area contributed by atoms with Gasteiger partial charge in [0.15, 0.2) is 6.23 Å². The molecule has 3 aromatic heterocycles. The Balaban J connectivity index is 1.70. The first-order chi connectivity index (χ1) is 12.9. The van der Waals surface area contributed by atoms with Crippen LogP contribution in [0.3, 0.4) is 0 Å². The maximum absolute atomic E-state index is 5.97. The van der Waals surface area contributed by atoms with E-state index in [1.54, 1.807) is 6.20 Å². The highest BCUT2D eigenvalue weighted by Gasteiger charge is 2.23. The van der Waals surface area contributed by atoms with Crippen molar-refractivity contribution in [1.29, 1.82) is 0 Å². The zero-order valence-electron chi connectivity index (χ0n) is 14.3. The molecule has 5 nitrogen and oxygen atoms in total. The lowest BCUT2D eigenvalue weighted by Crippen LogP contribution is -2.19. The Kier molecular flexibility index (Phi) is 3.74. The summed E-state index contributed by atoms with van der Waals surface area (Å²) in [6.45, 7) is 0.783. The molecule has 1 saturated heterocycles. The van der Waals surface area contributed by atoms with Gasteiger partial charge in [0.2, 0.25) is 0 Å². The SMILES string of the molecule is C1=CC=CC=1c1nn(C2CCCCO2)c2cnc(-c3cccnc3)cc12. The third kappa shape index (κ3) is 2.58. The lowest BCUT2D eigenvalue weighted by molar-refractivity contribution is -0.0367. The molecule has 1 fully saturated rings. The summed E-state index contributed by atoms with van der Waals surface area (Å²) in [7, 11) is 0. The van der Waals surface area contributed by atoms with Crippen LogP contribution in [0, 0.1) is 0 Å². The molecule has 3 aromatic rings. The molecule has 4 heterocycles. The van der Waals surface area contributed by atoms with Crippen LogP contribution >= 0.6 is 0 Å². The number of hydrogen-bond acceptors (Lipinski definition) is 4. The summed E-state index contributed by atoms with van der Waals surface area (Å²) in [5, 5.41) is 5.96. The first-order valence-corrected chi connectivity index (χ1v) is 8.94. The zero-order valence-corrected chi connectivity index (χ0v) is 14.3. The molecule has 5 heteroatoms. The van der Waals surface area contributed by atoms with E-state index in [2.05, 4.69) is 21.8 Å². The number of allylic oxidation sites excluding steroid dienone is 3. The molecule has 26 heavy (non-hydrogen) atoms. The highest BCUT2D eigenvalue weighted by Crippen LogP contribution is 2.33. The number of hydrogen-bond donors (Lipinski definition) is 0. The van der Waals surface area contributed by atoms with E-state index in [4.69, 9.17) is 9.84 Å². The maximum Gasteiger partial charge on any atom is 0.150 e. The van der Waals surface area contributed by atoms with Crippen molar-refractivity contribution in [2.45, 2.75) is 25.5 Å². The van der Waals surface area contributed by atoms with Crippen molar-refractivity contribution in [2.75, 3.05) is 6.61 Å². The van der Waals surface area contributed by atoms with E-state index in [0.717, 1.165) is 59.3 Å². The van der Waals surface area contributed by atoms with Crippen molar-refractivity contribution in [3.63, 3.8) is 0 Å². The molecule has 0 N–H and O–H groups in total. The summed E-state index contributed by atoms with van der Waals surface area (Å²) < 4.78 is 7.96. The molecular formula is C21H18N4O. The Labute approximate surface area is 151 Å². The summed E-state index contributed by atoms with van der Waals surface area (Å²) in [6, 6.07) is 6.03. The quantitative estimate of drug-likeness (QED) is 0.666. The zero-order chi connectivity index (χ0) is 17.3. The molecule has 0 bridgehead atoms. The van der Waals surface area contributed by atoms with Gasteiger partial charge in [-0.1, -0.05) is 6.08 Å². The third-order valence-corrected chi connectivity index (χ3v) is 4.83. The largest absolute Gasteiger partial charge is 0.356 e. The van der Waals surface area contributed by atoms with Crippen LogP contribution in [0.1, 0.15) is 31.2 Å². The average Bonchev–Trinajstić information content (AvgIpc) is 3.36. The second-order valence-corrected chi connectivity index (χ2v) is 6.53. The Hall–Kier alpha value is -3.01. The summed E-state index contributed by atoms with van der Waals surface area (Å²) in [5.41, 5.74) is 8.07. The molecule has 128 valence electrons. The predicted molar refractivity (Wildman–Crippen MR) is 100 cm³/mol. The standard InChI is InChI=1S/C21H18N4O/c1-2-7-15(6-1)21-17-12-18(16-8-5-10-22-13-16)23-14-19(17)25(24-21)20-9-3-4-11-26-20/h1-2,5-6,8,10,12-14,20H,3-4,9,11H2. The second-order valence-electron chi connectivity index (χ2n) is 6.53. The molecule has 2 aliphatic rings. The van der Waals surface area contributed by atoms with Crippen LogP contribution in [0.15, 0.2) is 60.7 Å². The fraction of sp³-hybridized carbons (Fsp3) is 0.238.